The van der Waals surface area contributed by atoms with Crippen molar-refractivity contribution in [3.8, 4) is 11.1 Å². The van der Waals surface area contributed by atoms with Crippen LogP contribution in [-0.2, 0) is 13.5 Å². The van der Waals surface area contributed by atoms with Crippen molar-refractivity contribution < 1.29 is 4.79 Å². The molecule has 5 nitrogen and oxygen atoms in total. The smallest absolute Gasteiger partial charge is 0.255 e. The molecule has 0 fully saturated rings. The molecular weight excluding hydrogens is 324 g/mol. The number of nitrogens with zero attached hydrogens (tertiary/aromatic N) is 3. The number of benzene rings is 2. The molecular formula is C21H22N4O. The van der Waals surface area contributed by atoms with Crippen LogP contribution in [0, 0.1) is 0 Å². The van der Waals surface area contributed by atoms with E-state index in [1.807, 2.05) is 49.8 Å². The van der Waals surface area contributed by atoms with Gasteiger partial charge in [-0.3, -0.25) is 9.48 Å². The number of carbonyl (C=O) groups excluding carboxylic acids is 1. The van der Waals surface area contributed by atoms with Crippen LogP contribution in [0.5, 0.6) is 0 Å². The first kappa shape index (κ1) is 16.4. The number of aromatic nitrogens is 2. The second-order valence-electron chi connectivity index (χ2n) is 6.80. The van der Waals surface area contributed by atoms with Gasteiger partial charge in [0.15, 0.2) is 0 Å². The van der Waals surface area contributed by atoms with Gasteiger partial charge in [0, 0.05) is 49.3 Å². The highest BCUT2D eigenvalue weighted by Gasteiger charge is 2.15. The van der Waals surface area contributed by atoms with Crippen LogP contribution < -0.4 is 10.2 Å². The molecule has 1 aliphatic heterocycles. The number of nitrogens with one attached hydrogen (secondary N) is 1. The van der Waals surface area contributed by atoms with E-state index in [2.05, 4.69) is 34.5 Å². The van der Waals surface area contributed by atoms with Gasteiger partial charge in [0.2, 0.25) is 0 Å². The zero-order valence-corrected chi connectivity index (χ0v) is 15.1. The summed E-state index contributed by atoms with van der Waals surface area (Å²) >= 11 is 0. The molecule has 0 unspecified atom stereocenters. The Hall–Kier alpha value is -3.08. The van der Waals surface area contributed by atoms with Crippen molar-refractivity contribution in [2.45, 2.75) is 12.8 Å². The summed E-state index contributed by atoms with van der Waals surface area (Å²) in [5, 5.41) is 7.19. The molecule has 0 saturated heterocycles. The zero-order chi connectivity index (χ0) is 18.1. The Balaban J connectivity index is 1.50. The van der Waals surface area contributed by atoms with Crippen LogP contribution >= 0.6 is 0 Å². The topological polar surface area (TPSA) is 50.2 Å². The van der Waals surface area contributed by atoms with Crippen LogP contribution in [0.2, 0.25) is 0 Å². The lowest BCUT2D eigenvalue weighted by Gasteiger charge is -2.28. The summed E-state index contributed by atoms with van der Waals surface area (Å²) in [5.41, 5.74) is 6.11. The van der Waals surface area contributed by atoms with Crippen LogP contribution in [0.3, 0.4) is 0 Å². The van der Waals surface area contributed by atoms with Crippen molar-refractivity contribution in [3.05, 3.63) is 66.0 Å². The fourth-order valence-corrected chi connectivity index (χ4v) is 3.42. The van der Waals surface area contributed by atoms with Crippen molar-refractivity contribution in [2.75, 3.05) is 23.8 Å². The largest absolute Gasteiger partial charge is 0.374 e. The van der Waals surface area contributed by atoms with E-state index in [0.717, 1.165) is 29.8 Å². The minimum Gasteiger partial charge on any atom is -0.374 e. The summed E-state index contributed by atoms with van der Waals surface area (Å²) in [6.07, 6.45) is 6.06. The SMILES string of the molecule is CN1CCCc2ccc(NC(=O)c3ccc(-c4cnn(C)c4)cc3)cc21. The highest BCUT2D eigenvalue weighted by atomic mass is 16.1. The van der Waals surface area contributed by atoms with Crippen LogP contribution in [-0.4, -0.2) is 29.3 Å². The molecule has 0 radical (unpaired) electrons. The molecule has 0 spiro atoms. The predicted molar refractivity (Wildman–Crippen MR) is 105 cm³/mol. The molecule has 0 atom stereocenters. The minimum absolute atomic E-state index is 0.0962. The Labute approximate surface area is 153 Å². The third-order valence-electron chi connectivity index (χ3n) is 4.88. The van der Waals surface area contributed by atoms with Gasteiger partial charge in [0.25, 0.3) is 5.91 Å². The Morgan fingerprint density at radius 2 is 1.88 bits per heavy atom. The first-order valence-corrected chi connectivity index (χ1v) is 8.85. The highest BCUT2D eigenvalue weighted by molar-refractivity contribution is 6.04. The molecule has 1 amide bonds. The molecule has 0 saturated carbocycles. The average molecular weight is 346 g/mol. The zero-order valence-electron chi connectivity index (χ0n) is 15.1. The van der Waals surface area contributed by atoms with Crippen LogP contribution in [0.15, 0.2) is 54.9 Å². The molecule has 1 aliphatic rings. The minimum atomic E-state index is -0.0962. The number of anilines is 2. The monoisotopic (exact) mass is 346 g/mol. The summed E-state index contributed by atoms with van der Waals surface area (Å²) in [6.45, 7) is 1.06. The van der Waals surface area contributed by atoms with Gasteiger partial charge in [-0.05, 0) is 48.2 Å². The molecule has 26 heavy (non-hydrogen) atoms. The van der Waals surface area contributed by atoms with Crippen molar-refractivity contribution >= 4 is 17.3 Å². The third kappa shape index (κ3) is 3.20. The maximum absolute atomic E-state index is 12.6. The molecule has 0 bridgehead atoms. The Bertz CT molecular complexity index is 943. The van der Waals surface area contributed by atoms with E-state index in [1.165, 1.54) is 17.7 Å². The molecule has 2 heterocycles. The second kappa shape index (κ2) is 6.67. The van der Waals surface area contributed by atoms with E-state index in [9.17, 15) is 4.79 Å². The van der Waals surface area contributed by atoms with Gasteiger partial charge in [-0.25, -0.2) is 0 Å². The molecule has 3 aromatic rings. The number of rotatable bonds is 3. The summed E-state index contributed by atoms with van der Waals surface area (Å²) in [7, 11) is 3.99. The molecule has 132 valence electrons. The highest BCUT2D eigenvalue weighted by Crippen LogP contribution is 2.29. The van der Waals surface area contributed by atoms with E-state index in [0.29, 0.717) is 5.56 Å². The van der Waals surface area contributed by atoms with E-state index in [4.69, 9.17) is 0 Å². The van der Waals surface area contributed by atoms with Gasteiger partial charge in [0.05, 0.1) is 6.20 Å². The fraction of sp³-hybridized carbons (Fsp3) is 0.238. The normalized spacial score (nSPS) is 13.4. The standard InChI is InChI=1S/C21H22N4O/c1-24-11-3-4-16-9-10-19(12-20(16)24)23-21(26)17-7-5-15(6-8-17)18-13-22-25(2)14-18/h5-10,12-14H,3-4,11H2,1-2H3,(H,23,26). The predicted octanol–water partition coefficient (Wildman–Crippen LogP) is 3.72. The van der Waals surface area contributed by atoms with E-state index in [-0.39, 0.29) is 5.91 Å². The van der Waals surface area contributed by atoms with E-state index in [1.54, 1.807) is 4.68 Å². The maximum Gasteiger partial charge on any atom is 0.255 e. The van der Waals surface area contributed by atoms with Crippen molar-refractivity contribution in [1.82, 2.24) is 9.78 Å². The first-order chi connectivity index (χ1) is 12.6. The lowest BCUT2D eigenvalue weighted by molar-refractivity contribution is 0.102. The fourth-order valence-electron chi connectivity index (χ4n) is 3.42. The van der Waals surface area contributed by atoms with Crippen LogP contribution in [0.25, 0.3) is 11.1 Å². The summed E-state index contributed by atoms with van der Waals surface area (Å²) in [4.78, 5) is 14.8. The number of hydrogen-bond donors (Lipinski definition) is 1. The van der Waals surface area contributed by atoms with Crippen LogP contribution in [0.1, 0.15) is 22.3 Å². The number of aryl methyl sites for hydroxylation is 2. The van der Waals surface area contributed by atoms with Crippen molar-refractivity contribution in [1.29, 1.82) is 0 Å². The third-order valence-corrected chi connectivity index (χ3v) is 4.88. The first-order valence-electron chi connectivity index (χ1n) is 8.85. The van der Waals surface area contributed by atoms with Gasteiger partial charge in [0.1, 0.15) is 0 Å². The van der Waals surface area contributed by atoms with Crippen molar-refractivity contribution in [3.63, 3.8) is 0 Å². The van der Waals surface area contributed by atoms with Crippen molar-refractivity contribution in [2.24, 2.45) is 7.05 Å². The molecule has 2 aromatic carbocycles. The number of carbonyl (C=O) groups is 1. The van der Waals surface area contributed by atoms with E-state index < -0.39 is 0 Å². The van der Waals surface area contributed by atoms with Gasteiger partial charge < -0.3 is 10.2 Å². The Kier molecular flexibility index (Phi) is 4.21. The molecule has 5 heteroatoms. The Morgan fingerprint density at radius 3 is 2.62 bits per heavy atom. The summed E-state index contributed by atoms with van der Waals surface area (Å²) in [5.74, 6) is -0.0962. The lowest BCUT2D eigenvalue weighted by atomic mass is 10.0. The summed E-state index contributed by atoms with van der Waals surface area (Å²) < 4.78 is 1.77. The maximum atomic E-state index is 12.6. The van der Waals surface area contributed by atoms with Gasteiger partial charge in [-0.2, -0.15) is 5.10 Å². The quantitative estimate of drug-likeness (QED) is 0.786. The molecule has 1 N–H and O–H groups in total. The molecule has 0 aliphatic carbocycles. The summed E-state index contributed by atoms with van der Waals surface area (Å²) in [6, 6.07) is 13.8. The number of amides is 1. The number of hydrogen-bond acceptors (Lipinski definition) is 3. The molecule has 4 rings (SSSR count). The van der Waals surface area contributed by atoms with Gasteiger partial charge in [-0.1, -0.05) is 18.2 Å². The Morgan fingerprint density at radius 1 is 1.08 bits per heavy atom. The lowest BCUT2D eigenvalue weighted by Crippen LogP contribution is -2.24. The van der Waals surface area contributed by atoms with Gasteiger partial charge in [-0.15, -0.1) is 0 Å². The van der Waals surface area contributed by atoms with Crippen LogP contribution in [0.4, 0.5) is 11.4 Å². The van der Waals surface area contributed by atoms with Gasteiger partial charge >= 0.3 is 0 Å². The second-order valence-corrected chi connectivity index (χ2v) is 6.80. The van der Waals surface area contributed by atoms with E-state index >= 15 is 0 Å². The number of fused-ring (bicyclic) bond motifs is 1. The molecule has 1 aromatic heterocycles. The average Bonchev–Trinajstić information content (AvgIpc) is 3.09.